The molecule has 0 saturated carbocycles. The predicted octanol–water partition coefficient (Wildman–Crippen LogP) is 2.59. The lowest BCUT2D eigenvalue weighted by Gasteiger charge is -2.36. The lowest BCUT2D eigenvalue weighted by molar-refractivity contribution is 0.150. The Morgan fingerprint density at radius 2 is 2.29 bits per heavy atom. The van der Waals surface area contributed by atoms with Crippen molar-refractivity contribution in [3.05, 3.63) is 24.2 Å². The zero-order chi connectivity index (χ0) is 15.2. The fraction of sp³-hybridized carbons (Fsp3) is 0.765. The average molecular weight is 293 g/mol. The van der Waals surface area contributed by atoms with E-state index in [0.29, 0.717) is 12.1 Å². The predicted molar refractivity (Wildman–Crippen MR) is 87.4 cm³/mol. The highest BCUT2D eigenvalue weighted by Crippen LogP contribution is 2.21. The van der Waals surface area contributed by atoms with E-state index in [2.05, 4.69) is 49.1 Å². The van der Waals surface area contributed by atoms with Crippen LogP contribution in [-0.2, 0) is 0 Å². The van der Waals surface area contributed by atoms with Crippen molar-refractivity contribution in [1.29, 1.82) is 0 Å². The molecule has 1 saturated heterocycles. The van der Waals surface area contributed by atoms with E-state index >= 15 is 0 Å². The summed E-state index contributed by atoms with van der Waals surface area (Å²) >= 11 is 0. The minimum Gasteiger partial charge on any atom is -0.468 e. The van der Waals surface area contributed by atoms with Crippen molar-refractivity contribution in [3.8, 4) is 0 Å². The maximum absolute atomic E-state index is 5.58. The van der Waals surface area contributed by atoms with Gasteiger partial charge in [-0.25, -0.2) is 0 Å². The number of hydrogen-bond donors (Lipinski definition) is 1. The molecule has 1 fully saturated rings. The Hall–Kier alpha value is -0.840. The van der Waals surface area contributed by atoms with Gasteiger partial charge in [0, 0.05) is 19.1 Å². The van der Waals surface area contributed by atoms with Crippen LogP contribution in [0, 0.1) is 5.92 Å². The van der Waals surface area contributed by atoms with Crippen LogP contribution in [0.3, 0.4) is 0 Å². The molecule has 0 bridgehead atoms. The Morgan fingerprint density at radius 3 is 2.90 bits per heavy atom. The van der Waals surface area contributed by atoms with Crippen LogP contribution in [0.25, 0.3) is 0 Å². The minimum absolute atomic E-state index is 0.299. The fourth-order valence-corrected chi connectivity index (χ4v) is 3.27. The summed E-state index contributed by atoms with van der Waals surface area (Å²) in [6.07, 6.45) is 4.44. The van der Waals surface area contributed by atoms with Gasteiger partial charge in [0.15, 0.2) is 0 Å². The number of furan rings is 1. The van der Waals surface area contributed by atoms with Crippen LogP contribution < -0.4 is 5.32 Å². The van der Waals surface area contributed by atoms with Crippen molar-refractivity contribution < 1.29 is 4.42 Å². The molecule has 1 aliphatic heterocycles. The van der Waals surface area contributed by atoms with E-state index in [-0.39, 0.29) is 0 Å². The number of nitrogens with zero attached hydrogens (tertiary/aromatic N) is 2. The SMILES string of the molecule is CCN1CCCC(C(C)NCC(c2ccco2)N(C)C)C1. The summed E-state index contributed by atoms with van der Waals surface area (Å²) in [6.45, 7) is 9.21. The van der Waals surface area contributed by atoms with Gasteiger partial charge < -0.3 is 14.6 Å². The van der Waals surface area contributed by atoms with Gasteiger partial charge in [-0.15, -0.1) is 0 Å². The Bertz CT molecular complexity index is 391. The molecule has 0 radical (unpaired) electrons. The first kappa shape index (κ1) is 16.5. The van der Waals surface area contributed by atoms with Crippen LogP contribution in [0.4, 0.5) is 0 Å². The molecule has 4 nitrogen and oxygen atoms in total. The van der Waals surface area contributed by atoms with Gasteiger partial charge in [0.25, 0.3) is 0 Å². The van der Waals surface area contributed by atoms with Crippen LogP contribution in [0.15, 0.2) is 22.8 Å². The number of piperidine rings is 1. The zero-order valence-corrected chi connectivity index (χ0v) is 14.0. The van der Waals surface area contributed by atoms with E-state index in [1.54, 1.807) is 6.26 Å². The van der Waals surface area contributed by atoms with Gasteiger partial charge in [-0.1, -0.05) is 6.92 Å². The summed E-state index contributed by atoms with van der Waals surface area (Å²) < 4.78 is 5.58. The minimum atomic E-state index is 0.299. The second kappa shape index (κ2) is 7.97. The van der Waals surface area contributed by atoms with Gasteiger partial charge in [-0.2, -0.15) is 0 Å². The third-order valence-corrected chi connectivity index (χ3v) is 4.82. The standard InChI is InChI=1S/C17H31N3O/c1-5-20-10-6-8-15(13-20)14(2)18-12-16(19(3)4)17-9-7-11-21-17/h7,9,11,14-16,18H,5-6,8,10,12-13H2,1-4H3. The third-order valence-electron chi connectivity index (χ3n) is 4.82. The topological polar surface area (TPSA) is 31.6 Å². The summed E-state index contributed by atoms with van der Waals surface area (Å²) in [7, 11) is 4.22. The number of rotatable bonds is 7. The van der Waals surface area contributed by atoms with Gasteiger partial charge in [-0.3, -0.25) is 4.90 Å². The molecule has 1 aliphatic rings. The number of hydrogen-bond acceptors (Lipinski definition) is 4. The maximum Gasteiger partial charge on any atom is 0.122 e. The van der Waals surface area contributed by atoms with Crippen molar-refractivity contribution in [2.24, 2.45) is 5.92 Å². The zero-order valence-electron chi connectivity index (χ0n) is 14.0. The van der Waals surface area contributed by atoms with E-state index in [9.17, 15) is 0 Å². The van der Waals surface area contributed by atoms with E-state index in [4.69, 9.17) is 4.42 Å². The fourth-order valence-electron chi connectivity index (χ4n) is 3.27. The van der Waals surface area contributed by atoms with Gasteiger partial charge in [-0.05, 0) is 65.0 Å². The molecule has 1 aromatic rings. The molecule has 0 amide bonds. The van der Waals surface area contributed by atoms with Crippen LogP contribution in [0.2, 0.25) is 0 Å². The van der Waals surface area contributed by atoms with Crippen molar-refractivity contribution in [1.82, 2.24) is 15.1 Å². The summed E-state index contributed by atoms with van der Waals surface area (Å²) in [4.78, 5) is 4.79. The monoisotopic (exact) mass is 293 g/mol. The summed E-state index contributed by atoms with van der Waals surface area (Å²) in [5.74, 6) is 1.80. The first-order chi connectivity index (χ1) is 10.1. The van der Waals surface area contributed by atoms with Gasteiger partial charge in [0.1, 0.15) is 5.76 Å². The van der Waals surface area contributed by atoms with Gasteiger partial charge >= 0.3 is 0 Å². The molecule has 0 aromatic carbocycles. The number of likely N-dealkylation sites (N-methyl/N-ethyl adjacent to an activating group) is 1. The van der Waals surface area contributed by atoms with Crippen LogP contribution >= 0.6 is 0 Å². The second-order valence-corrected chi connectivity index (χ2v) is 6.49. The average Bonchev–Trinajstić information content (AvgIpc) is 3.01. The molecule has 120 valence electrons. The van der Waals surface area contributed by atoms with Gasteiger partial charge in [0.2, 0.25) is 0 Å². The Labute approximate surface area is 129 Å². The number of likely N-dealkylation sites (tertiary alicyclic amines) is 1. The molecule has 4 heteroatoms. The Kier molecular flexibility index (Phi) is 6.27. The lowest BCUT2D eigenvalue weighted by Crippen LogP contribution is -2.46. The maximum atomic E-state index is 5.58. The molecule has 3 atom stereocenters. The van der Waals surface area contributed by atoms with E-state index in [1.807, 2.05) is 6.07 Å². The Balaban J connectivity index is 1.85. The molecule has 0 aliphatic carbocycles. The molecule has 21 heavy (non-hydrogen) atoms. The largest absolute Gasteiger partial charge is 0.468 e. The first-order valence-corrected chi connectivity index (χ1v) is 8.27. The third kappa shape index (κ3) is 4.56. The lowest BCUT2D eigenvalue weighted by atomic mass is 9.91. The van der Waals surface area contributed by atoms with E-state index in [1.165, 1.54) is 32.5 Å². The van der Waals surface area contributed by atoms with E-state index in [0.717, 1.165) is 18.2 Å². The molecular weight excluding hydrogens is 262 g/mol. The highest BCUT2D eigenvalue weighted by molar-refractivity contribution is 5.05. The highest BCUT2D eigenvalue weighted by atomic mass is 16.3. The quantitative estimate of drug-likeness (QED) is 0.837. The summed E-state index contributed by atoms with van der Waals surface area (Å²) in [5, 5.41) is 3.74. The normalized spacial score (nSPS) is 23.4. The van der Waals surface area contributed by atoms with Crippen LogP contribution in [0.5, 0.6) is 0 Å². The van der Waals surface area contributed by atoms with Crippen molar-refractivity contribution >= 4 is 0 Å². The Morgan fingerprint density at radius 1 is 1.48 bits per heavy atom. The van der Waals surface area contributed by atoms with Crippen LogP contribution in [-0.4, -0.2) is 56.1 Å². The van der Waals surface area contributed by atoms with Crippen molar-refractivity contribution in [2.45, 2.75) is 38.8 Å². The molecular formula is C17H31N3O. The molecule has 3 unspecified atom stereocenters. The molecule has 1 aromatic heterocycles. The molecule has 2 rings (SSSR count). The highest BCUT2D eigenvalue weighted by Gasteiger charge is 2.25. The second-order valence-electron chi connectivity index (χ2n) is 6.49. The molecule has 2 heterocycles. The molecule has 0 spiro atoms. The summed E-state index contributed by atoms with van der Waals surface area (Å²) in [6, 6.07) is 4.89. The number of nitrogens with one attached hydrogen (secondary N) is 1. The molecule has 1 N–H and O–H groups in total. The van der Waals surface area contributed by atoms with Crippen molar-refractivity contribution in [3.63, 3.8) is 0 Å². The summed E-state index contributed by atoms with van der Waals surface area (Å²) in [5.41, 5.74) is 0. The van der Waals surface area contributed by atoms with Crippen molar-refractivity contribution in [2.75, 3.05) is 40.3 Å². The first-order valence-electron chi connectivity index (χ1n) is 8.27. The van der Waals surface area contributed by atoms with E-state index < -0.39 is 0 Å². The van der Waals surface area contributed by atoms with Crippen LogP contribution in [0.1, 0.15) is 38.5 Å². The smallest absolute Gasteiger partial charge is 0.122 e. The van der Waals surface area contributed by atoms with Gasteiger partial charge in [0.05, 0.1) is 12.3 Å².